The van der Waals surface area contributed by atoms with Gasteiger partial charge in [0.05, 0.1) is 22.2 Å². The van der Waals surface area contributed by atoms with Crippen molar-refractivity contribution in [1.82, 2.24) is 14.5 Å². The fourth-order valence-corrected chi connectivity index (χ4v) is 9.11. The molecule has 0 amide bonds. The van der Waals surface area contributed by atoms with Crippen LogP contribution < -0.4 is 0 Å². The van der Waals surface area contributed by atoms with Gasteiger partial charge in [0.1, 0.15) is 22.3 Å². The van der Waals surface area contributed by atoms with E-state index in [4.69, 9.17) is 18.8 Å². The molecule has 1 aliphatic carbocycles. The Morgan fingerprint density at radius 1 is 0.415 bits per heavy atom. The zero-order chi connectivity index (χ0) is 34.4. The summed E-state index contributed by atoms with van der Waals surface area (Å²) in [5.74, 6) is 0.646. The van der Waals surface area contributed by atoms with Gasteiger partial charge in [-0.1, -0.05) is 103 Å². The number of benzene rings is 8. The summed E-state index contributed by atoms with van der Waals surface area (Å²) in [5, 5.41) is 10.3. The van der Waals surface area contributed by atoms with Gasteiger partial charge in [-0.15, -0.1) is 0 Å². The highest BCUT2D eigenvalue weighted by Crippen LogP contribution is 2.52. The van der Waals surface area contributed by atoms with Gasteiger partial charge in [-0.3, -0.25) is 4.57 Å². The molecule has 0 radical (unpaired) electrons. The second-order valence-electron chi connectivity index (χ2n) is 14.1. The van der Waals surface area contributed by atoms with Crippen molar-refractivity contribution < 1.29 is 8.83 Å². The van der Waals surface area contributed by atoms with Crippen LogP contribution >= 0.6 is 0 Å². The Bertz CT molecular complexity index is 3570. The van der Waals surface area contributed by atoms with Crippen LogP contribution in [0, 0.1) is 0 Å². The van der Waals surface area contributed by atoms with Crippen molar-refractivity contribution in [3.05, 3.63) is 152 Å². The Kier molecular flexibility index (Phi) is 5.06. The maximum absolute atomic E-state index is 6.89. The zero-order valence-electron chi connectivity index (χ0n) is 28.1. The van der Waals surface area contributed by atoms with Crippen LogP contribution in [0.25, 0.3) is 127 Å². The third-order valence-corrected chi connectivity index (χ3v) is 11.3. The lowest BCUT2D eigenvalue weighted by Crippen LogP contribution is -2.03. The summed E-state index contributed by atoms with van der Waals surface area (Å²) in [6.07, 6.45) is 0. The number of hydrogen-bond acceptors (Lipinski definition) is 4. The molecule has 5 heteroatoms. The molecule has 13 rings (SSSR count). The molecule has 8 aromatic carbocycles. The highest BCUT2D eigenvalue weighted by Gasteiger charge is 2.27. The molecule has 0 unspecified atom stereocenters. The third-order valence-electron chi connectivity index (χ3n) is 11.3. The van der Waals surface area contributed by atoms with Crippen LogP contribution in [-0.4, -0.2) is 14.5 Å². The smallest absolute Gasteiger partial charge is 0.235 e. The minimum Gasteiger partial charge on any atom is -0.456 e. The van der Waals surface area contributed by atoms with Crippen molar-refractivity contribution in [3.8, 4) is 39.5 Å². The molecule has 53 heavy (non-hydrogen) atoms. The lowest BCUT2D eigenvalue weighted by Gasteiger charge is -2.12. The molecule has 0 bridgehead atoms. The Labute approximate surface area is 300 Å². The van der Waals surface area contributed by atoms with E-state index in [9.17, 15) is 0 Å². The quantitative estimate of drug-likeness (QED) is 0.187. The van der Waals surface area contributed by atoms with Crippen LogP contribution in [0.3, 0.4) is 0 Å². The summed E-state index contributed by atoms with van der Waals surface area (Å²) in [5.41, 5.74) is 13.1. The van der Waals surface area contributed by atoms with Crippen molar-refractivity contribution in [2.75, 3.05) is 0 Å². The van der Waals surface area contributed by atoms with Gasteiger partial charge in [-0.05, 0) is 70.6 Å². The van der Waals surface area contributed by atoms with E-state index in [0.717, 1.165) is 99.0 Å². The van der Waals surface area contributed by atoms with Crippen LogP contribution in [0.15, 0.2) is 160 Å². The molecule has 0 spiro atoms. The van der Waals surface area contributed by atoms with Crippen LogP contribution in [0.2, 0.25) is 0 Å². The maximum Gasteiger partial charge on any atom is 0.235 e. The Balaban J connectivity index is 1.11. The molecular weight excluding hydrogens is 651 g/mol. The number of rotatable bonds is 3. The highest BCUT2D eigenvalue weighted by molar-refractivity contribution is 6.38. The van der Waals surface area contributed by atoms with Gasteiger partial charge in [0.2, 0.25) is 5.95 Å². The molecular formula is C48H25N3O2. The Hall–Kier alpha value is -7.24. The van der Waals surface area contributed by atoms with Gasteiger partial charge in [-0.25, -0.2) is 9.97 Å². The fraction of sp³-hybridized carbons (Fsp3) is 0. The number of fused-ring (bicyclic) bond motifs is 5. The lowest BCUT2D eigenvalue weighted by atomic mass is 9.94. The van der Waals surface area contributed by atoms with Crippen molar-refractivity contribution in [1.29, 1.82) is 0 Å². The van der Waals surface area contributed by atoms with E-state index < -0.39 is 0 Å². The standard InChI is InChI=1S/C48H25N3O2/c1-2-10-26(11-3-1)46-32-13-4-6-16-35(32)49-48(50-46)51-36-17-7-5-12-29(36)34-24-27(20-22-37(34)51)33-25-28-21-23-40-44-41(28)45-43-31(15-9-19-39(43)53-47(33)45)30-14-8-18-38(52-40)42(30)44/h1-25H. The molecule has 4 aromatic heterocycles. The molecule has 1 aliphatic rings. The summed E-state index contributed by atoms with van der Waals surface area (Å²) >= 11 is 0. The largest absolute Gasteiger partial charge is 0.456 e. The first-order valence-corrected chi connectivity index (χ1v) is 17.9. The van der Waals surface area contributed by atoms with E-state index in [1.165, 1.54) is 21.9 Å². The average Bonchev–Trinajstić information content (AvgIpc) is 3.87. The van der Waals surface area contributed by atoms with Crippen molar-refractivity contribution in [3.63, 3.8) is 0 Å². The predicted molar refractivity (Wildman–Crippen MR) is 216 cm³/mol. The van der Waals surface area contributed by atoms with Crippen molar-refractivity contribution in [2.24, 2.45) is 0 Å². The number of hydrogen-bond donors (Lipinski definition) is 0. The van der Waals surface area contributed by atoms with Gasteiger partial charge >= 0.3 is 0 Å². The van der Waals surface area contributed by atoms with Gasteiger partial charge in [0, 0.05) is 54.2 Å². The summed E-state index contributed by atoms with van der Waals surface area (Å²) in [6, 6.07) is 53.3. The average molecular weight is 676 g/mol. The van der Waals surface area contributed by atoms with E-state index in [2.05, 4.69) is 138 Å². The molecule has 0 fully saturated rings. The predicted octanol–water partition coefficient (Wildman–Crippen LogP) is 13.0. The number of para-hydroxylation sites is 2. The van der Waals surface area contributed by atoms with E-state index in [0.29, 0.717) is 5.95 Å². The van der Waals surface area contributed by atoms with Crippen LogP contribution in [0.1, 0.15) is 0 Å². The molecule has 244 valence electrons. The molecule has 4 heterocycles. The normalized spacial score (nSPS) is 12.5. The third kappa shape index (κ3) is 3.51. The van der Waals surface area contributed by atoms with Crippen LogP contribution in [0.5, 0.6) is 0 Å². The molecule has 0 atom stereocenters. The van der Waals surface area contributed by atoms with Crippen LogP contribution in [-0.2, 0) is 0 Å². The maximum atomic E-state index is 6.89. The Morgan fingerprint density at radius 3 is 2.00 bits per heavy atom. The Morgan fingerprint density at radius 2 is 1.13 bits per heavy atom. The lowest BCUT2D eigenvalue weighted by molar-refractivity contribution is 0.669. The summed E-state index contributed by atoms with van der Waals surface area (Å²) in [6.45, 7) is 0. The van der Waals surface area contributed by atoms with Crippen molar-refractivity contribution >= 4 is 87.4 Å². The first-order valence-electron chi connectivity index (χ1n) is 17.9. The summed E-state index contributed by atoms with van der Waals surface area (Å²) < 4.78 is 15.5. The first-order chi connectivity index (χ1) is 26.3. The van der Waals surface area contributed by atoms with Crippen molar-refractivity contribution in [2.45, 2.75) is 0 Å². The molecule has 0 saturated carbocycles. The highest BCUT2D eigenvalue weighted by atomic mass is 16.3. The molecule has 0 saturated heterocycles. The zero-order valence-corrected chi connectivity index (χ0v) is 28.1. The molecule has 0 aliphatic heterocycles. The number of furan rings is 2. The minimum atomic E-state index is 0.646. The minimum absolute atomic E-state index is 0.646. The van der Waals surface area contributed by atoms with Gasteiger partial charge in [-0.2, -0.15) is 0 Å². The van der Waals surface area contributed by atoms with Crippen LogP contribution in [0.4, 0.5) is 0 Å². The fourth-order valence-electron chi connectivity index (χ4n) is 9.11. The molecule has 0 N–H and O–H groups in total. The second kappa shape index (κ2) is 9.75. The van der Waals surface area contributed by atoms with E-state index in [-0.39, 0.29) is 0 Å². The topological polar surface area (TPSA) is 57.0 Å². The molecule has 5 nitrogen and oxygen atoms in total. The SMILES string of the molecule is c1ccc(-c2nc(-n3c4ccccc4c4cc(-c5cc6ccc7oc8cccc9c8c7c6c6c5oc5cccc-9c56)ccc43)nc3ccccc23)cc1. The second-order valence-corrected chi connectivity index (χ2v) is 14.1. The van der Waals surface area contributed by atoms with E-state index in [1.807, 2.05) is 18.2 Å². The monoisotopic (exact) mass is 675 g/mol. The molecule has 12 aromatic rings. The van der Waals surface area contributed by atoms with Gasteiger partial charge < -0.3 is 8.83 Å². The number of aromatic nitrogens is 3. The first kappa shape index (κ1) is 27.5. The summed E-state index contributed by atoms with van der Waals surface area (Å²) in [7, 11) is 0. The van der Waals surface area contributed by atoms with Gasteiger partial charge in [0.25, 0.3) is 0 Å². The van der Waals surface area contributed by atoms with E-state index >= 15 is 0 Å². The van der Waals surface area contributed by atoms with Gasteiger partial charge in [0.15, 0.2) is 0 Å². The number of nitrogens with zero attached hydrogens (tertiary/aromatic N) is 3. The van der Waals surface area contributed by atoms with E-state index in [1.54, 1.807) is 0 Å². The summed E-state index contributed by atoms with van der Waals surface area (Å²) in [4.78, 5) is 10.4.